The molecule has 4 heteroatoms. The van der Waals surface area contributed by atoms with Crippen LogP contribution >= 0.6 is 15.9 Å². The van der Waals surface area contributed by atoms with Crippen molar-refractivity contribution in [1.82, 2.24) is 9.80 Å². The van der Waals surface area contributed by atoms with Gasteiger partial charge in [-0.3, -0.25) is 9.69 Å². The summed E-state index contributed by atoms with van der Waals surface area (Å²) in [5, 5.41) is 0. The number of halogens is 1. The van der Waals surface area contributed by atoms with E-state index in [9.17, 15) is 4.79 Å². The molecule has 1 fully saturated rings. The van der Waals surface area contributed by atoms with Crippen LogP contribution in [0.2, 0.25) is 0 Å². The summed E-state index contributed by atoms with van der Waals surface area (Å²) in [7, 11) is 0. The van der Waals surface area contributed by atoms with Crippen LogP contribution in [0.3, 0.4) is 0 Å². The third kappa shape index (κ3) is 4.74. The maximum absolute atomic E-state index is 12.6. The maximum atomic E-state index is 12.6. The highest BCUT2D eigenvalue weighted by Crippen LogP contribution is 2.24. The van der Waals surface area contributed by atoms with Gasteiger partial charge in [-0.05, 0) is 49.6 Å². The van der Waals surface area contributed by atoms with E-state index < -0.39 is 0 Å². The number of piperidine rings is 1. The van der Waals surface area contributed by atoms with Crippen molar-refractivity contribution in [3.8, 4) is 0 Å². The molecule has 0 radical (unpaired) electrons. The van der Waals surface area contributed by atoms with Crippen molar-refractivity contribution < 1.29 is 4.79 Å². The van der Waals surface area contributed by atoms with Gasteiger partial charge >= 0.3 is 0 Å². The zero-order chi connectivity index (χ0) is 18.4. The molecule has 2 aromatic rings. The van der Waals surface area contributed by atoms with Gasteiger partial charge in [-0.2, -0.15) is 0 Å². The molecule has 3 rings (SSSR count). The van der Waals surface area contributed by atoms with E-state index in [4.69, 9.17) is 0 Å². The van der Waals surface area contributed by atoms with Gasteiger partial charge in [-0.15, -0.1) is 0 Å². The Morgan fingerprint density at radius 2 is 1.73 bits per heavy atom. The van der Waals surface area contributed by atoms with Gasteiger partial charge < -0.3 is 4.90 Å². The summed E-state index contributed by atoms with van der Waals surface area (Å²) in [5.41, 5.74) is 2.13. The number of likely N-dealkylation sites (tertiary alicyclic amines) is 1. The van der Waals surface area contributed by atoms with Crippen LogP contribution < -0.4 is 0 Å². The first-order valence-electron chi connectivity index (χ1n) is 9.51. The quantitative estimate of drug-likeness (QED) is 0.666. The fourth-order valence-corrected chi connectivity index (χ4v) is 4.13. The number of carbonyl (C=O) groups excluding carboxylic acids is 1. The minimum Gasteiger partial charge on any atom is -0.339 e. The molecule has 0 aromatic heterocycles. The lowest BCUT2D eigenvalue weighted by atomic mass is 10.0. The smallest absolute Gasteiger partial charge is 0.253 e. The predicted octanol–water partition coefficient (Wildman–Crippen LogP) is 4.97. The zero-order valence-electron chi connectivity index (χ0n) is 15.4. The summed E-state index contributed by atoms with van der Waals surface area (Å²) in [5.74, 6) is 0.164. The van der Waals surface area contributed by atoms with Gasteiger partial charge in [-0.25, -0.2) is 0 Å². The Balaban J connectivity index is 1.61. The summed E-state index contributed by atoms with van der Waals surface area (Å²) >= 11 is 3.67. The first-order valence-corrected chi connectivity index (χ1v) is 10.3. The number of hydrogen-bond donors (Lipinski definition) is 0. The highest BCUT2D eigenvalue weighted by atomic mass is 79.9. The largest absolute Gasteiger partial charge is 0.339 e. The fraction of sp³-hybridized carbons (Fsp3) is 0.409. The molecule has 1 heterocycles. The SMILES string of the molecule is CCCN(Cc1ccccc1Br)C1CCN(C(=O)c2ccccc2)CC1. The highest BCUT2D eigenvalue weighted by molar-refractivity contribution is 9.10. The molecule has 0 saturated carbocycles. The maximum Gasteiger partial charge on any atom is 0.253 e. The molecule has 26 heavy (non-hydrogen) atoms. The number of rotatable bonds is 6. The molecule has 1 saturated heterocycles. The number of amides is 1. The molecule has 138 valence electrons. The van der Waals surface area contributed by atoms with Crippen LogP contribution in [-0.4, -0.2) is 41.4 Å². The van der Waals surface area contributed by atoms with Crippen LogP contribution in [0.25, 0.3) is 0 Å². The second-order valence-corrected chi connectivity index (χ2v) is 7.81. The Morgan fingerprint density at radius 3 is 2.38 bits per heavy atom. The standard InChI is InChI=1S/C22H27BrN2O/c1-2-14-25(17-19-10-6-7-11-21(19)23)20-12-15-24(16-13-20)22(26)18-8-4-3-5-9-18/h3-11,20H,2,12-17H2,1H3. The Morgan fingerprint density at radius 1 is 1.08 bits per heavy atom. The lowest BCUT2D eigenvalue weighted by molar-refractivity contribution is 0.0607. The van der Waals surface area contributed by atoms with Gasteiger partial charge in [0.25, 0.3) is 5.91 Å². The Hall–Kier alpha value is -1.65. The third-order valence-corrected chi connectivity index (χ3v) is 5.90. The Labute approximate surface area is 165 Å². The average molecular weight is 415 g/mol. The molecule has 0 atom stereocenters. The first-order chi connectivity index (χ1) is 12.7. The average Bonchev–Trinajstić information content (AvgIpc) is 2.69. The second-order valence-electron chi connectivity index (χ2n) is 6.95. The molecule has 1 aliphatic rings. The van der Waals surface area contributed by atoms with E-state index in [1.165, 1.54) is 10.0 Å². The monoisotopic (exact) mass is 414 g/mol. The first kappa shape index (κ1) is 19.1. The van der Waals surface area contributed by atoms with Crippen LogP contribution in [-0.2, 0) is 6.54 Å². The van der Waals surface area contributed by atoms with Crippen molar-refractivity contribution in [2.75, 3.05) is 19.6 Å². The number of hydrogen-bond acceptors (Lipinski definition) is 2. The van der Waals surface area contributed by atoms with Gasteiger partial charge in [-0.1, -0.05) is 59.3 Å². The van der Waals surface area contributed by atoms with Crippen LogP contribution in [0.4, 0.5) is 0 Å². The number of benzene rings is 2. The van der Waals surface area contributed by atoms with Crippen LogP contribution in [0, 0.1) is 0 Å². The van der Waals surface area contributed by atoms with E-state index in [-0.39, 0.29) is 5.91 Å². The summed E-state index contributed by atoms with van der Waals surface area (Å²) in [4.78, 5) is 17.2. The van der Waals surface area contributed by atoms with E-state index in [2.05, 4.69) is 52.0 Å². The molecule has 0 spiro atoms. The Kier molecular flexibility index (Phi) is 6.86. The lowest BCUT2D eigenvalue weighted by Crippen LogP contribution is -2.46. The van der Waals surface area contributed by atoms with Crippen molar-refractivity contribution >= 4 is 21.8 Å². The number of nitrogens with zero attached hydrogens (tertiary/aromatic N) is 2. The topological polar surface area (TPSA) is 23.6 Å². The molecular formula is C22H27BrN2O. The molecule has 0 aliphatic carbocycles. The van der Waals surface area contributed by atoms with E-state index in [0.717, 1.165) is 51.0 Å². The van der Waals surface area contributed by atoms with Crippen LogP contribution in [0.15, 0.2) is 59.1 Å². The van der Waals surface area contributed by atoms with Gasteiger partial charge in [0.1, 0.15) is 0 Å². The minimum absolute atomic E-state index is 0.164. The zero-order valence-corrected chi connectivity index (χ0v) is 17.0. The molecule has 3 nitrogen and oxygen atoms in total. The summed E-state index contributed by atoms with van der Waals surface area (Å²) < 4.78 is 1.18. The summed E-state index contributed by atoms with van der Waals surface area (Å²) in [6.45, 7) is 5.98. The normalized spacial score (nSPS) is 15.4. The summed E-state index contributed by atoms with van der Waals surface area (Å²) in [6.07, 6.45) is 3.24. The highest BCUT2D eigenvalue weighted by Gasteiger charge is 2.27. The molecule has 1 aliphatic heterocycles. The van der Waals surface area contributed by atoms with Crippen molar-refractivity contribution in [1.29, 1.82) is 0 Å². The lowest BCUT2D eigenvalue weighted by Gasteiger charge is -2.38. The minimum atomic E-state index is 0.164. The van der Waals surface area contributed by atoms with E-state index in [1.54, 1.807) is 0 Å². The van der Waals surface area contributed by atoms with Crippen LogP contribution in [0.5, 0.6) is 0 Å². The van der Waals surface area contributed by atoms with Gasteiger partial charge in [0.15, 0.2) is 0 Å². The molecule has 0 bridgehead atoms. The van der Waals surface area contributed by atoms with E-state index >= 15 is 0 Å². The van der Waals surface area contributed by atoms with E-state index in [0.29, 0.717) is 6.04 Å². The van der Waals surface area contributed by atoms with Crippen molar-refractivity contribution in [3.63, 3.8) is 0 Å². The fourth-order valence-electron chi connectivity index (χ4n) is 3.72. The van der Waals surface area contributed by atoms with Crippen molar-refractivity contribution in [2.24, 2.45) is 0 Å². The van der Waals surface area contributed by atoms with Crippen molar-refractivity contribution in [2.45, 2.75) is 38.8 Å². The van der Waals surface area contributed by atoms with Gasteiger partial charge in [0, 0.05) is 35.7 Å². The van der Waals surface area contributed by atoms with Gasteiger partial charge in [0.2, 0.25) is 0 Å². The van der Waals surface area contributed by atoms with E-state index in [1.807, 2.05) is 35.2 Å². The molecule has 0 N–H and O–H groups in total. The molecule has 0 unspecified atom stereocenters. The van der Waals surface area contributed by atoms with Crippen molar-refractivity contribution in [3.05, 3.63) is 70.2 Å². The Bertz CT molecular complexity index is 711. The molecular weight excluding hydrogens is 388 g/mol. The summed E-state index contributed by atoms with van der Waals surface area (Å²) in [6, 6.07) is 18.6. The van der Waals surface area contributed by atoms with Crippen LogP contribution in [0.1, 0.15) is 42.1 Å². The predicted molar refractivity (Wildman–Crippen MR) is 110 cm³/mol. The number of carbonyl (C=O) groups is 1. The molecule has 1 amide bonds. The third-order valence-electron chi connectivity index (χ3n) is 5.13. The van der Waals surface area contributed by atoms with Gasteiger partial charge in [0.05, 0.1) is 0 Å². The second kappa shape index (κ2) is 9.33. The molecule has 2 aromatic carbocycles.